The van der Waals surface area contributed by atoms with E-state index in [9.17, 15) is 5.11 Å². The second kappa shape index (κ2) is 8.95. The summed E-state index contributed by atoms with van der Waals surface area (Å²) in [6.45, 7) is 2.55. The molecule has 3 nitrogen and oxygen atoms in total. The molecule has 122 valence electrons. The van der Waals surface area contributed by atoms with Crippen molar-refractivity contribution in [3.63, 3.8) is 0 Å². The van der Waals surface area contributed by atoms with E-state index in [-0.39, 0.29) is 5.92 Å². The average molecular weight is 349 g/mol. The van der Waals surface area contributed by atoms with E-state index in [1.54, 1.807) is 11.3 Å². The van der Waals surface area contributed by atoms with E-state index in [0.29, 0.717) is 6.54 Å². The number of halogens is 1. The highest BCUT2D eigenvalue weighted by Gasteiger charge is 2.09. The van der Waals surface area contributed by atoms with Gasteiger partial charge in [-0.2, -0.15) is 0 Å². The van der Waals surface area contributed by atoms with Crippen LogP contribution < -0.4 is 11.1 Å². The molecule has 0 spiro atoms. The van der Waals surface area contributed by atoms with Gasteiger partial charge in [-0.3, -0.25) is 0 Å². The number of aryl methyl sites for hydroxylation is 1. The Morgan fingerprint density at radius 3 is 2.70 bits per heavy atom. The summed E-state index contributed by atoms with van der Waals surface area (Å²) in [6.07, 6.45) is 1.06. The van der Waals surface area contributed by atoms with Crippen molar-refractivity contribution >= 4 is 28.6 Å². The smallest absolute Gasteiger partial charge is 0.105 e. The van der Waals surface area contributed by atoms with Gasteiger partial charge in [-0.15, -0.1) is 11.3 Å². The molecule has 1 aromatic heterocycles. The molecular formula is C18H21ClN2OS. The topological polar surface area (TPSA) is 58.3 Å². The lowest BCUT2D eigenvalue weighted by Crippen LogP contribution is -2.27. The van der Waals surface area contributed by atoms with Gasteiger partial charge in [0.25, 0.3) is 0 Å². The van der Waals surface area contributed by atoms with Crippen molar-refractivity contribution < 1.29 is 5.11 Å². The third kappa shape index (κ3) is 6.25. The van der Waals surface area contributed by atoms with Crippen molar-refractivity contribution in [3.8, 4) is 11.8 Å². The van der Waals surface area contributed by atoms with Crippen LogP contribution in [0, 0.1) is 17.8 Å². The van der Waals surface area contributed by atoms with Crippen LogP contribution in [-0.2, 0) is 6.42 Å². The molecular weight excluding hydrogens is 328 g/mol. The van der Waals surface area contributed by atoms with Crippen LogP contribution in [0.1, 0.15) is 23.1 Å². The predicted molar refractivity (Wildman–Crippen MR) is 98.8 cm³/mol. The van der Waals surface area contributed by atoms with E-state index < -0.39 is 6.23 Å². The van der Waals surface area contributed by atoms with Gasteiger partial charge in [0.05, 0.1) is 11.4 Å². The summed E-state index contributed by atoms with van der Waals surface area (Å²) < 4.78 is 0. The van der Waals surface area contributed by atoms with Gasteiger partial charge in [0.2, 0.25) is 0 Å². The molecule has 1 unspecified atom stereocenters. The molecule has 2 rings (SSSR count). The Bertz CT molecular complexity index is 670. The molecule has 23 heavy (non-hydrogen) atoms. The third-order valence-electron chi connectivity index (χ3n) is 3.53. The van der Waals surface area contributed by atoms with E-state index in [0.717, 1.165) is 28.4 Å². The summed E-state index contributed by atoms with van der Waals surface area (Å²) in [4.78, 5) is 2.33. The van der Waals surface area contributed by atoms with Gasteiger partial charge in [0, 0.05) is 15.6 Å². The monoisotopic (exact) mass is 348 g/mol. The Labute approximate surface area is 146 Å². The SMILES string of the molecule is C[C@H](CCc1ccc(C#CCNc2ccc(Cl)cc2)s1)C(N)O. The molecule has 2 atom stereocenters. The molecule has 1 heterocycles. The summed E-state index contributed by atoms with van der Waals surface area (Å²) >= 11 is 7.54. The first-order valence-corrected chi connectivity index (χ1v) is 8.74. The van der Waals surface area contributed by atoms with Crippen molar-refractivity contribution in [3.05, 3.63) is 51.2 Å². The largest absolute Gasteiger partial charge is 0.379 e. The first-order chi connectivity index (χ1) is 11.0. The van der Waals surface area contributed by atoms with Gasteiger partial charge in [0.1, 0.15) is 6.23 Å². The van der Waals surface area contributed by atoms with Crippen molar-refractivity contribution in [1.82, 2.24) is 0 Å². The van der Waals surface area contributed by atoms with E-state index in [1.807, 2.05) is 37.3 Å². The molecule has 0 saturated carbocycles. The fourth-order valence-corrected chi connectivity index (χ4v) is 2.99. The van der Waals surface area contributed by atoms with Crippen LogP contribution in [0.15, 0.2) is 36.4 Å². The normalized spacial score (nSPS) is 13.0. The summed E-state index contributed by atoms with van der Waals surface area (Å²) in [5.74, 6) is 6.39. The summed E-state index contributed by atoms with van der Waals surface area (Å²) in [5.41, 5.74) is 6.47. The van der Waals surface area contributed by atoms with Crippen LogP contribution in [-0.4, -0.2) is 17.9 Å². The van der Waals surface area contributed by atoms with E-state index >= 15 is 0 Å². The second-order valence-corrected chi connectivity index (χ2v) is 7.04. The molecule has 0 aliphatic carbocycles. The van der Waals surface area contributed by atoms with Gasteiger partial charge in [-0.1, -0.05) is 30.4 Å². The maximum absolute atomic E-state index is 9.30. The fraction of sp³-hybridized carbons (Fsp3) is 0.333. The lowest BCUT2D eigenvalue weighted by Gasteiger charge is -2.12. The molecule has 4 N–H and O–H groups in total. The Hall–Kier alpha value is -1.51. The predicted octanol–water partition coefficient (Wildman–Crippen LogP) is 3.71. The molecule has 0 aliphatic rings. The minimum atomic E-state index is -0.742. The third-order valence-corrected chi connectivity index (χ3v) is 4.84. The average Bonchev–Trinajstić information content (AvgIpc) is 2.98. The fourth-order valence-electron chi connectivity index (χ4n) is 1.97. The number of nitrogens with one attached hydrogen (secondary N) is 1. The van der Waals surface area contributed by atoms with Crippen molar-refractivity contribution in [1.29, 1.82) is 0 Å². The van der Waals surface area contributed by atoms with Crippen LogP contribution >= 0.6 is 22.9 Å². The molecule has 2 aromatic rings. The Morgan fingerprint density at radius 1 is 1.26 bits per heavy atom. The highest BCUT2D eigenvalue weighted by Crippen LogP contribution is 2.19. The van der Waals surface area contributed by atoms with Crippen molar-refractivity contribution in [2.45, 2.75) is 26.0 Å². The van der Waals surface area contributed by atoms with Gasteiger partial charge in [-0.05, 0) is 55.2 Å². The van der Waals surface area contributed by atoms with E-state index in [1.165, 1.54) is 4.88 Å². The molecule has 0 radical (unpaired) electrons. The maximum atomic E-state index is 9.30. The van der Waals surface area contributed by atoms with Crippen molar-refractivity contribution in [2.24, 2.45) is 11.7 Å². The van der Waals surface area contributed by atoms with E-state index in [4.69, 9.17) is 17.3 Å². The molecule has 0 saturated heterocycles. The number of nitrogens with two attached hydrogens (primary N) is 1. The standard InChI is InChI=1S/C18H21ClN2OS/c1-13(18(20)22)4-9-17-11-10-16(23-17)3-2-12-21-15-7-5-14(19)6-8-15/h5-8,10-11,13,18,21-22H,4,9,12,20H2,1H3/t13-,18?/m1/s1. The Kier molecular flexibility index (Phi) is 6.94. The van der Waals surface area contributed by atoms with Crippen LogP contribution in [0.2, 0.25) is 5.02 Å². The molecule has 0 aliphatic heterocycles. The maximum Gasteiger partial charge on any atom is 0.105 e. The zero-order valence-corrected chi connectivity index (χ0v) is 14.6. The summed E-state index contributed by atoms with van der Waals surface area (Å²) in [5, 5.41) is 13.3. The van der Waals surface area contributed by atoms with Crippen LogP contribution in [0.3, 0.4) is 0 Å². The Balaban J connectivity index is 1.79. The second-order valence-electron chi connectivity index (χ2n) is 5.43. The van der Waals surface area contributed by atoms with E-state index in [2.05, 4.69) is 23.2 Å². The molecule has 5 heteroatoms. The zero-order valence-electron chi connectivity index (χ0n) is 13.1. The minimum Gasteiger partial charge on any atom is -0.379 e. The molecule has 0 fully saturated rings. The number of hydrogen-bond donors (Lipinski definition) is 3. The van der Waals surface area contributed by atoms with Crippen molar-refractivity contribution in [2.75, 3.05) is 11.9 Å². The van der Waals surface area contributed by atoms with Crippen LogP contribution in [0.25, 0.3) is 0 Å². The lowest BCUT2D eigenvalue weighted by molar-refractivity contribution is 0.119. The molecule has 0 amide bonds. The number of hydrogen-bond acceptors (Lipinski definition) is 4. The van der Waals surface area contributed by atoms with Gasteiger partial charge >= 0.3 is 0 Å². The Morgan fingerprint density at radius 2 is 2.00 bits per heavy atom. The number of benzene rings is 1. The quantitative estimate of drug-likeness (QED) is 0.551. The number of aliphatic hydroxyl groups excluding tert-OH is 1. The number of thiophene rings is 1. The summed E-state index contributed by atoms with van der Waals surface area (Å²) in [7, 11) is 0. The highest BCUT2D eigenvalue weighted by molar-refractivity contribution is 7.12. The minimum absolute atomic E-state index is 0.107. The lowest BCUT2D eigenvalue weighted by atomic mass is 10.0. The first kappa shape index (κ1) is 17.8. The first-order valence-electron chi connectivity index (χ1n) is 7.55. The number of aliphatic hydroxyl groups is 1. The molecule has 1 aromatic carbocycles. The number of rotatable bonds is 6. The van der Waals surface area contributed by atoms with Crippen LogP contribution in [0.4, 0.5) is 5.69 Å². The van der Waals surface area contributed by atoms with Gasteiger partial charge < -0.3 is 16.2 Å². The summed E-state index contributed by atoms with van der Waals surface area (Å²) in [6, 6.07) is 11.7. The zero-order chi connectivity index (χ0) is 16.7. The van der Waals surface area contributed by atoms with Gasteiger partial charge in [0.15, 0.2) is 0 Å². The highest BCUT2D eigenvalue weighted by atomic mass is 35.5. The molecule has 0 bridgehead atoms. The number of anilines is 1. The van der Waals surface area contributed by atoms with Gasteiger partial charge in [-0.25, -0.2) is 0 Å². The van der Waals surface area contributed by atoms with Crippen LogP contribution in [0.5, 0.6) is 0 Å².